The zero-order chi connectivity index (χ0) is 25.4. The molecule has 1 aromatic heterocycles. The third-order valence-corrected chi connectivity index (χ3v) is 7.07. The molecule has 0 amide bonds. The van der Waals surface area contributed by atoms with Gasteiger partial charge in [0.1, 0.15) is 5.82 Å². The van der Waals surface area contributed by atoms with E-state index in [2.05, 4.69) is 38.9 Å². The molecule has 0 unspecified atom stereocenters. The molecular weight excluding hydrogens is 463 g/mol. The van der Waals surface area contributed by atoms with E-state index in [4.69, 9.17) is 9.98 Å². The lowest BCUT2D eigenvalue weighted by molar-refractivity contribution is 0.255. The number of fused-ring (bicyclic) bond motifs is 2. The Bertz CT molecular complexity index is 1600. The zero-order valence-electron chi connectivity index (χ0n) is 21.0. The highest BCUT2D eigenvalue weighted by molar-refractivity contribution is 5.84. The van der Waals surface area contributed by atoms with Crippen molar-refractivity contribution in [2.75, 3.05) is 25.5 Å². The smallest absolute Gasteiger partial charge is 0.123 e. The molecule has 0 bridgehead atoms. The van der Waals surface area contributed by atoms with Gasteiger partial charge >= 0.3 is 0 Å². The molecule has 3 aromatic rings. The highest BCUT2D eigenvalue weighted by atomic mass is 19.1. The number of piperidine rings is 1. The van der Waals surface area contributed by atoms with E-state index in [9.17, 15) is 4.39 Å². The van der Waals surface area contributed by atoms with Gasteiger partial charge in [0.15, 0.2) is 0 Å². The first-order valence-electron chi connectivity index (χ1n) is 12.7. The third-order valence-electron chi connectivity index (χ3n) is 7.07. The molecule has 0 saturated carbocycles. The number of rotatable bonds is 4. The van der Waals surface area contributed by atoms with Crippen LogP contribution in [0, 0.1) is 12.7 Å². The molecule has 6 nitrogen and oxygen atoms in total. The van der Waals surface area contributed by atoms with Gasteiger partial charge in [-0.25, -0.2) is 9.37 Å². The molecule has 2 aliphatic heterocycles. The Labute approximate surface area is 215 Å². The van der Waals surface area contributed by atoms with Gasteiger partial charge in [0.05, 0.1) is 50.9 Å². The molecule has 1 aliphatic carbocycles. The molecule has 0 atom stereocenters. The number of hydrogen-bond donors (Lipinski definition) is 1. The summed E-state index contributed by atoms with van der Waals surface area (Å²) in [6.07, 6.45) is 3.84. The average molecular weight is 493 g/mol. The quantitative estimate of drug-likeness (QED) is 0.327. The number of nitrogens with zero attached hydrogens (tertiary/aromatic N) is 5. The Morgan fingerprint density at radius 2 is 1.73 bits per heavy atom. The number of anilines is 2. The minimum atomic E-state index is -0.261. The van der Waals surface area contributed by atoms with Gasteiger partial charge in [-0.15, -0.1) is 0 Å². The van der Waals surface area contributed by atoms with Gasteiger partial charge in [0, 0.05) is 11.9 Å². The maximum Gasteiger partial charge on any atom is 0.123 e. The SMILES string of the molecule is Cc1ncccc1Nc1cc2nc3ccccc3n(-c3ccc(F)cc3)c-2cc1=NC1CCN(C)CC1. The number of para-hydroxylation sites is 2. The minimum Gasteiger partial charge on any atom is -0.352 e. The second kappa shape index (κ2) is 9.75. The summed E-state index contributed by atoms with van der Waals surface area (Å²) in [5.41, 5.74) is 7.20. The molecule has 1 fully saturated rings. The van der Waals surface area contributed by atoms with Crippen molar-refractivity contribution in [2.45, 2.75) is 25.8 Å². The molecular formula is C30H29FN6. The van der Waals surface area contributed by atoms with E-state index in [-0.39, 0.29) is 11.9 Å². The van der Waals surface area contributed by atoms with Crippen LogP contribution in [-0.4, -0.2) is 45.6 Å². The molecule has 37 heavy (non-hydrogen) atoms. The number of hydrogen-bond acceptors (Lipinski definition) is 5. The van der Waals surface area contributed by atoms with E-state index in [1.54, 1.807) is 18.3 Å². The van der Waals surface area contributed by atoms with E-state index in [0.29, 0.717) is 0 Å². The molecule has 1 saturated heterocycles. The molecule has 3 heterocycles. The largest absolute Gasteiger partial charge is 0.352 e. The average Bonchev–Trinajstić information content (AvgIpc) is 2.91. The summed E-state index contributed by atoms with van der Waals surface area (Å²) in [7, 11) is 2.16. The van der Waals surface area contributed by atoms with Crippen LogP contribution in [0.2, 0.25) is 0 Å². The summed E-state index contributed by atoms with van der Waals surface area (Å²) in [6, 6.07) is 23.0. The van der Waals surface area contributed by atoms with Crippen molar-refractivity contribution in [1.82, 2.24) is 19.4 Å². The van der Waals surface area contributed by atoms with Gasteiger partial charge in [0.25, 0.3) is 0 Å². The Hall–Kier alpha value is -4.10. The number of benzene rings is 3. The van der Waals surface area contributed by atoms with Crippen LogP contribution in [0.1, 0.15) is 18.5 Å². The van der Waals surface area contributed by atoms with Crippen LogP contribution in [0.4, 0.5) is 15.8 Å². The first kappa shape index (κ1) is 23.3. The predicted molar refractivity (Wildman–Crippen MR) is 146 cm³/mol. The highest BCUT2D eigenvalue weighted by Crippen LogP contribution is 2.31. The van der Waals surface area contributed by atoms with Crippen LogP contribution in [0.5, 0.6) is 0 Å². The number of aryl methyl sites for hydroxylation is 1. The maximum atomic E-state index is 13.8. The van der Waals surface area contributed by atoms with Crippen LogP contribution < -0.4 is 10.7 Å². The number of pyridine rings is 1. The maximum absolute atomic E-state index is 13.8. The van der Waals surface area contributed by atoms with Gasteiger partial charge in [-0.05, 0) is 101 Å². The number of likely N-dealkylation sites (tertiary alicyclic amines) is 1. The van der Waals surface area contributed by atoms with Crippen molar-refractivity contribution in [3.8, 4) is 17.1 Å². The Balaban J connectivity index is 1.61. The fourth-order valence-electron chi connectivity index (χ4n) is 5.00. The van der Waals surface area contributed by atoms with Gasteiger partial charge in [-0.3, -0.25) is 9.98 Å². The fraction of sp³-hybridized carbons (Fsp3) is 0.233. The predicted octanol–water partition coefficient (Wildman–Crippen LogP) is 5.71. The Kier molecular flexibility index (Phi) is 6.14. The van der Waals surface area contributed by atoms with Crippen LogP contribution in [0.15, 0.2) is 84.0 Å². The molecule has 1 N–H and O–H groups in total. The van der Waals surface area contributed by atoms with Gasteiger partial charge in [-0.2, -0.15) is 0 Å². The second-order valence-corrected chi connectivity index (χ2v) is 9.70. The number of aromatic nitrogens is 3. The summed E-state index contributed by atoms with van der Waals surface area (Å²) in [5.74, 6) is -0.261. The van der Waals surface area contributed by atoms with Crippen molar-refractivity contribution in [3.05, 3.63) is 95.9 Å². The van der Waals surface area contributed by atoms with Crippen molar-refractivity contribution >= 4 is 22.4 Å². The first-order valence-corrected chi connectivity index (χ1v) is 12.7. The first-order chi connectivity index (χ1) is 18.0. The van der Waals surface area contributed by atoms with Crippen molar-refractivity contribution in [3.63, 3.8) is 0 Å². The summed E-state index contributed by atoms with van der Waals surface area (Å²) < 4.78 is 16.0. The lowest BCUT2D eigenvalue weighted by Crippen LogP contribution is -2.33. The van der Waals surface area contributed by atoms with E-state index in [1.807, 2.05) is 43.3 Å². The standard InChI is InChI=1S/C30H29FN6/c1-20-24(7-5-15-32-20)34-26-18-28-30(19-27(26)33-22-13-16-36(2)17-14-22)37(23-11-9-21(31)10-12-23)29-8-4-3-6-25(29)35-28/h3-12,15,18-19,22,34H,13-14,16-17H2,1-2H3. The van der Waals surface area contributed by atoms with Gasteiger partial charge in [0.2, 0.25) is 0 Å². The molecule has 3 aliphatic rings. The van der Waals surface area contributed by atoms with Crippen molar-refractivity contribution in [1.29, 1.82) is 0 Å². The number of nitrogens with one attached hydrogen (secondary N) is 1. The highest BCUT2D eigenvalue weighted by Gasteiger charge is 2.19. The van der Waals surface area contributed by atoms with E-state index in [1.165, 1.54) is 12.1 Å². The summed E-state index contributed by atoms with van der Waals surface area (Å²) in [4.78, 5) is 17.0. The lowest BCUT2D eigenvalue weighted by atomic mass is 10.1. The summed E-state index contributed by atoms with van der Waals surface area (Å²) in [6.45, 7) is 4.06. The monoisotopic (exact) mass is 492 g/mol. The van der Waals surface area contributed by atoms with Crippen LogP contribution in [0.3, 0.4) is 0 Å². The van der Waals surface area contributed by atoms with Crippen LogP contribution in [0.25, 0.3) is 28.1 Å². The molecule has 2 aromatic carbocycles. The minimum absolute atomic E-state index is 0.247. The normalized spacial score (nSPS) is 15.5. The van der Waals surface area contributed by atoms with Crippen LogP contribution in [-0.2, 0) is 0 Å². The van der Waals surface area contributed by atoms with Crippen molar-refractivity contribution < 1.29 is 4.39 Å². The molecule has 7 heteroatoms. The lowest BCUT2D eigenvalue weighted by Gasteiger charge is -2.27. The Morgan fingerprint density at radius 1 is 0.946 bits per heavy atom. The molecule has 0 spiro atoms. The van der Waals surface area contributed by atoms with Gasteiger partial charge < -0.3 is 14.8 Å². The topological polar surface area (TPSA) is 58.3 Å². The van der Waals surface area contributed by atoms with E-state index in [0.717, 1.165) is 76.5 Å². The van der Waals surface area contributed by atoms with E-state index >= 15 is 0 Å². The fourth-order valence-corrected chi connectivity index (χ4v) is 5.00. The van der Waals surface area contributed by atoms with Crippen LogP contribution >= 0.6 is 0 Å². The molecule has 6 rings (SSSR count). The second-order valence-electron chi connectivity index (χ2n) is 9.70. The van der Waals surface area contributed by atoms with Crippen molar-refractivity contribution in [2.24, 2.45) is 4.99 Å². The van der Waals surface area contributed by atoms with E-state index < -0.39 is 0 Å². The number of halogens is 1. The van der Waals surface area contributed by atoms with Gasteiger partial charge in [-0.1, -0.05) is 12.1 Å². The zero-order valence-corrected chi connectivity index (χ0v) is 21.0. The Morgan fingerprint density at radius 3 is 2.51 bits per heavy atom. The summed E-state index contributed by atoms with van der Waals surface area (Å²) >= 11 is 0. The molecule has 0 radical (unpaired) electrons. The summed E-state index contributed by atoms with van der Waals surface area (Å²) in [5, 5.41) is 4.47. The molecule has 186 valence electrons. The third kappa shape index (κ3) is 4.70.